The largest absolute Gasteiger partial charge is 0.330 e. The lowest BCUT2D eigenvalue weighted by Crippen LogP contribution is -2.31. The molecule has 29 heavy (non-hydrogen) atoms. The number of nitro groups is 1. The summed E-state index contributed by atoms with van der Waals surface area (Å²) in [6.07, 6.45) is 3.43. The van der Waals surface area contributed by atoms with Crippen LogP contribution in [0.15, 0.2) is 57.2 Å². The summed E-state index contributed by atoms with van der Waals surface area (Å²) < 4.78 is 0.736. The third-order valence-electron chi connectivity index (χ3n) is 4.74. The van der Waals surface area contributed by atoms with Crippen LogP contribution in [0.2, 0.25) is 0 Å². The molecule has 1 aliphatic heterocycles. The molecule has 0 spiro atoms. The summed E-state index contributed by atoms with van der Waals surface area (Å²) in [6, 6.07) is 10.2. The van der Waals surface area contributed by atoms with Gasteiger partial charge in [0.05, 0.1) is 21.6 Å². The Balaban J connectivity index is 1.61. The monoisotopic (exact) mass is 426 g/mol. The smallest absolute Gasteiger partial charge is 0.284 e. The number of aryl methyl sites for hydroxylation is 1. The van der Waals surface area contributed by atoms with Crippen LogP contribution in [0.1, 0.15) is 40.6 Å². The van der Waals surface area contributed by atoms with E-state index in [0.717, 1.165) is 28.6 Å². The topological polar surface area (TPSA) is 89.2 Å². The van der Waals surface area contributed by atoms with Gasteiger partial charge in [-0.25, -0.2) is 4.98 Å². The highest BCUT2D eigenvalue weighted by Crippen LogP contribution is 2.38. The second-order valence-electron chi connectivity index (χ2n) is 6.71. The Kier molecular flexibility index (Phi) is 5.59. The molecule has 0 bridgehead atoms. The first-order chi connectivity index (χ1) is 14.0. The van der Waals surface area contributed by atoms with Crippen LogP contribution in [0.25, 0.3) is 0 Å². The van der Waals surface area contributed by atoms with Gasteiger partial charge in [0.25, 0.3) is 11.6 Å². The van der Waals surface area contributed by atoms with Gasteiger partial charge >= 0.3 is 0 Å². The van der Waals surface area contributed by atoms with Gasteiger partial charge in [0.1, 0.15) is 0 Å². The number of hydrogen-bond donors (Lipinski definition) is 0. The zero-order valence-corrected chi connectivity index (χ0v) is 17.3. The highest BCUT2D eigenvalue weighted by molar-refractivity contribution is 8.01. The minimum absolute atomic E-state index is 0.0812. The first-order valence-electron chi connectivity index (χ1n) is 9.13. The Labute approximate surface area is 176 Å². The van der Waals surface area contributed by atoms with E-state index in [1.54, 1.807) is 23.2 Å². The number of carbonyl (C=O) groups excluding carboxylic acids is 1. The van der Waals surface area contributed by atoms with Gasteiger partial charge in [-0.15, -0.1) is 11.3 Å². The molecular weight excluding hydrogens is 408 g/mol. The fourth-order valence-electron chi connectivity index (χ4n) is 3.41. The molecule has 0 N–H and O–H groups in total. The molecule has 1 fully saturated rings. The third-order valence-corrected chi connectivity index (χ3v) is 6.86. The SMILES string of the molecule is Cc1csc(Sc2ccc(C(=O)N3CCCC3c3ccccn3)cc2[N+](=O)[O-])n1. The zero-order chi connectivity index (χ0) is 20.4. The fourth-order valence-corrected chi connectivity index (χ4v) is 5.29. The summed E-state index contributed by atoms with van der Waals surface area (Å²) in [5.74, 6) is -0.206. The maximum atomic E-state index is 13.1. The van der Waals surface area contributed by atoms with Crippen LogP contribution in [-0.4, -0.2) is 32.2 Å². The van der Waals surface area contributed by atoms with E-state index in [9.17, 15) is 14.9 Å². The van der Waals surface area contributed by atoms with E-state index in [1.807, 2.05) is 30.5 Å². The van der Waals surface area contributed by atoms with E-state index in [0.29, 0.717) is 17.0 Å². The van der Waals surface area contributed by atoms with Crippen LogP contribution in [0.4, 0.5) is 5.69 Å². The molecule has 1 atom stereocenters. The molecule has 0 radical (unpaired) electrons. The normalized spacial score (nSPS) is 16.2. The molecule has 4 rings (SSSR count). The summed E-state index contributed by atoms with van der Waals surface area (Å²) in [7, 11) is 0. The maximum absolute atomic E-state index is 13.1. The number of nitrogens with zero attached hydrogens (tertiary/aromatic N) is 4. The minimum atomic E-state index is -0.445. The van der Waals surface area contributed by atoms with Gasteiger partial charge in [0, 0.05) is 35.4 Å². The van der Waals surface area contributed by atoms with Crippen LogP contribution in [0.5, 0.6) is 0 Å². The predicted molar refractivity (Wildman–Crippen MR) is 111 cm³/mol. The summed E-state index contributed by atoms with van der Waals surface area (Å²) in [6.45, 7) is 2.49. The standard InChI is InChI=1S/C20H18N4O3S2/c1-13-12-28-20(22-13)29-18-8-7-14(11-17(18)24(26)27)19(25)23-10-4-6-16(23)15-5-2-3-9-21-15/h2-3,5,7-9,11-12,16H,4,6,10H2,1H3. The van der Waals surface area contributed by atoms with Gasteiger partial charge in [-0.3, -0.25) is 19.9 Å². The van der Waals surface area contributed by atoms with E-state index in [4.69, 9.17) is 0 Å². The number of amides is 1. The van der Waals surface area contributed by atoms with Crippen LogP contribution < -0.4 is 0 Å². The summed E-state index contributed by atoms with van der Waals surface area (Å²) in [5, 5.41) is 13.5. The van der Waals surface area contributed by atoms with Crippen molar-refractivity contribution >= 4 is 34.7 Å². The number of carbonyl (C=O) groups is 1. The molecule has 0 saturated carbocycles. The highest BCUT2D eigenvalue weighted by Gasteiger charge is 2.32. The molecule has 3 aromatic rings. The molecule has 1 saturated heterocycles. The first kappa shape index (κ1) is 19.5. The Morgan fingerprint density at radius 1 is 1.34 bits per heavy atom. The molecule has 7 nitrogen and oxygen atoms in total. The molecular formula is C20H18N4O3S2. The second-order valence-corrected chi connectivity index (χ2v) is 8.85. The summed E-state index contributed by atoms with van der Waals surface area (Å²) in [5.41, 5.74) is 1.96. The Hall–Kier alpha value is -2.78. The first-order valence-corrected chi connectivity index (χ1v) is 10.8. The Morgan fingerprint density at radius 2 is 2.21 bits per heavy atom. The molecule has 1 unspecified atom stereocenters. The Bertz CT molecular complexity index is 1050. The average molecular weight is 427 g/mol. The van der Waals surface area contributed by atoms with Gasteiger partial charge in [-0.2, -0.15) is 0 Å². The summed E-state index contributed by atoms with van der Waals surface area (Å²) in [4.78, 5) is 35.3. The van der Waals surface area contributed by atoms with Crippen molar-refractivity contribution in [2.75, 3.05) is 6.54 Å². The van der Waals surface area contributed by atoms with E-state index in [-0.39, 0.29) is 17.6 Å². The van der Waals surface area contributed by atoms with Crippen molar-refractivity contribution in [2.24, 2.45) is 0 Å². The number of pyridine rings is 1. The van der Waals surface area contributed by atoms with Crippen molar-refractivity contribution in [3.63, 3.8) is 0 Å². The van der Waals surface area contributed by atoms with Crippen molar-refractivity contribution in [1.82, 2.24) is 14.9 Å². The van der Waals surface area contributed by atoms with Gasteiger partial charge in [-0.1, -0.05) is 17.8 Å². The number of likely N-dealkylation sites (tertiary alicyclic amines) is 1. The van der Waals surface area contributed by atoms with Crippen molar-refractivity contribution in [3.05, 3.63) is 75.0 Å². The number of hydrogen-bond acceptors (Lipinski definition) is 7. The molecule has 2 aromatic heterocycles. The Morgan fingerprint density at radius 3 is 2.90 bits per heavy atom. The number of benzene rings is 1. The lowest BCUT2D eigenvalue weighted by atomic mass is 10.1. The van der Waals surface area contributed by atoms with Gasteiger partial charge in [0.2, 0.25) is 0 Å². The van der Waals surface area contributed by atoms with Crippen molar-refractivity contribution in [3.8, 4) is 0 Å². The number of aromatic nitrogens is 2. The van der Waals surface area contributed by atoms with Gasteiger partial charge in [-0.05, 0) is 44.0 Å². The number of rotatable bonds is 5. The van der Waals surface area contributed by atoms with Crippen molar-refractivity contribution < 1.29 is 9.72 Å². The molecule has 3 heterocycles. The van der Waals surface area contributed by atoms with Crippen LogP contribution in [0, 0.1) is 17.0 Å². The zero-order valence-electron chi connectivity index (χ0n) is 15.6. The molecule has 148 valence electrons. The van der Waals surface area contributed by atoms with E-state index in [2.05, 4.69) is 9.97 Å². The quantitative estimate of drug-likeness (QED) is 0.427. The van der Waals surface area contributed by atoms with Gasteiger partial charge < -0.3 is 4.90 Å². The van der Waals surface area contributed by atoms with E-state index < -0.39 is 4.92 Å². The molecule has 0 aliphatic carbocycles. The lowest BCUT2D eigenvalue weighted by molar-refractivity contribution is -0.387. The number of thiazole rings is 1. The molecule has 1 aliphatic rings. The van der Waals surface area contributed by atoms with Crippen LogP contribution in [0.3, 0.4) is 0 Å². The lowest BCUT2D eigenvalue weighted by Gasteiger charge is -2.24. The maximum Gasteiger partial charge on any atom is 0.284 e. The average Bonchev–Trinajstić information content (AvgIpc) is 3.37. The third kappa shape index (κ3) is 4.15. The van der Waals surface area contributed by atoms with Crippen molar-refractivity contribution in [1.29, 1.82) is 0 Å². The number of nitro benzene ring substituents is 1. The predicted octanol–water partition coefficient (Wildman–Crippen LogP) is 4.88. The highest BCUT2D eigenvalue weighted by atomic mass is 32.2. The van der Waals surface area contributed by atoms with E-state index in [1.165, 1.54) is 29.2 Å². The van der Waals surface area contributed by atoms with Crippen LogP contribution >= 0.6 is 23.1 Å². The molecule has 1 amide bonds. The minimum Gasteiger partial charge on any atom is -0.330 e. The van der Waals surface area contributed by atoms with E-state index >= 15 is 0 Å². The fraction of sp³-hybridized carbons (Fsp3) is 0.250. The summed E-state index contributed by atoms with van der Waals surface area (Å²) >= 11 is 2.69. The molecule has 9 heteroatoms. The van der Waals surface area contributed by atoms with Crippen LogP contribution in [-0.2, 0) is 0 Å². The second kappa shape index (κ2) is 8.30. The molecule has 1 aromatic carbocycles. The van der Waals surface area contributed by atoms with Gasteiger partial charge in [0.15, 0.2) is 4.34 Å². The van der Waals surface area contributed by atoms with Crippen molar-refractivity contribution in [2.45, 2.75) is 35.0 Å².